The van der Waals surface area contributed by atoms with Gasteiger partial charge >= 0.3 is 0 Å². The average molecular weight is 287 g/mol. The Labute approximate surface area is 122 Å². The van der Waals surface area contributed by atoms with Crippen LogP contribution in [0.2, 0.25) is 0 Å². The van der Waals surface area contributed by atoms with Gasteiger partial charge in [-0.2, -0.15) is 5.10 Å². The third-order valence-corrected chi connectivity index (χ3v) is 3.39. The monoisotopic (exact) mass is 286 g/mol. The molecule has 1 N–H and O–H groups in total. The zero-order valence-electron chi connectivity index (χ0n) is 11.3. The highest BCUT2D eigenvalue weighted by atomic mass is 35.5. The van der Waals surface area contributed by atoms with Gasteiger partial charge in [-0.05, 0) is 31.5 Å². The zero-order chi connectivity index (χ0) is 14.1. The molecular weight excluding hydrogens is 272 g/mol. The van der Waals surface area contributed by atoms with Gasteiger partial charge in [0.05, 0.1) is 11.1 Å². The quantitative estimate of drug-likeness (QED) is 0.738. The minimum Gasteiger partial charge on any atom is -0.338 e. The number of aryl methyl sites for hydroxylation is 1. The van der Waals surface area contributed by atoms with E-state index in [-0.39, 0.29) is 5.38 Å². The number of nitrogens with one attached hydrogen (secondary N) is 1. The molecule has 0 aliphatic carbocycles. The lowest BCUT2D eigenvalue weighted by molar-refractivity contribution is 0.923. The summed E-state index contributed by atoms with van der Waals surface area (Å²) in [5.74, 6) is 0.776. The fourth-order valence-corrected chi connectivity index (χ4v) is 2.42. The Bertz CT molecular complexity index is 748. The van der Waals surface area contributed by atoms with Crippen molar-refractivity contribution in [2.24, 2.45) is 0 Å². The van der Waals surface area contributed by atoms with Crippen molar-refractivity contribution in [1.82, 2.24) is 14.6 Å². The summed E-state index contributed by atoms with van der Waals surface area (Å²) in [4.78, 5) is 4.40. The van der Waals surface area contributed by atoms with E-state index in [1.165, 1.54) is 0 Å². The summed E-state index contributed by atoms with van der Waals surface area (Å²) in [6.07, 6.45) is 3.57. The number of rotatable bonds is 3. The van der Waals surface area contributed by atoms with Gasteiger partial charge in [0.1, 0.15) is 5.52 Å². The van der Waals surface area contributed by atoms with Crippen molar-refractivity contribution in [3.05, 3.63) is 54.0 Å². The van der Waals surface area contributed by atoms with Crippen molar-refractivity contribution in [3.8, 4) is 0 Å². The molecule has 0 amide bonds. The minimum atomic E-state index is -0.0647. The lowest BCUT2D eigenvalue weighted by Crippen LogP contribution is -2.00. The number of benzene rings is 1. The van der Waals surface area contributed by atoms with Crippen LogP contribution in [0.15, 0.2) is 42.7 Å². The van der Waals surface area contributed by atoms with Gasteiger partial charge in [0.2, 0.25) is 0 Å². The lowest BCUT2D eigenvalue weighted by Gasteiger charge is -2.13. The molecule has 0 saturated heterocycles. The van der Waals surface area contributed by atoms with Crippen LogP contribution in [0.25, 0.3) is 5.52 Å². The molecule has 20 heavy (non-hydrogen) atoms. The zero-order valence-corrected chi connectivity index (χ0v) is 12.1. The first-order valence-corrected chi connectivity index (χ1v) is 6.90. The van der Waals surface area contributed by atoms with Crippen molar-refractivity contribution in [2.45, 2.75) is 19.2 Å². The topological polar surface area (TPSA) is 42.2 Å². The Kier molecular flexibility index (Phi) is 3.32. The largest absolute Gasteiger partial charge is 0.338 e. The van der Waals surface area contributed by atoms with Crippen LogP contribution in [0.1, 0.15) is 23.6 Å². The van der Waals surface area contributed by atoms with Crippen LogP contribution in [-0.4, -0.2) is 14.6 Å². The van der Waals surface area contributed by atoms with Crippen LogP contribution in [-0.2, 0) is 0 Å². The Balaban J connectivity index is 2.06. The van der Waals surface area contributed by atoms with E-state index in [0.717, 1.165) is 28.3 Å². The molecule has 2 heterocycles. The number of hydrogen-bond acceptors (Lipinski definition) is 3. The first-order chi connectivity index (χ1) is 9.65. The van der Waals surface area contributed by atoms with Crippen LogP contribution in [0, 0.1) is 6.92 Å². The van der Waals surface area contributed by atoms with E-state index >= 15 is 0 Å². The molecular formula is C15H15ClN4. The summed E-state index contributed by atoms with van der Waals surface area (Å²) in [5, 5.41) is 7.67. The van der Waals surface area contributed by atoms with Gasteiger partial charge in [0, 0.05) is 18.1 Å². The van der Waals surface area contributed by atoms with Gasteiger partial charge in [-0.25, -0.2) is 9.50 Å². The van der Waals surface area contributed by atoms with E-state index in [0.29, 0.717) is 0 Å². The van der Waals surface area contributed by atoms with Gasteiger partial charge in [-0.3, -0.25) is 0 Å². The molecule has 5 heteroatoms. The molecule has 2 aromatic heterocycles. The molecule has 0 bridgehead atoms. The smallest absolute Gasteiger partial charge is 0.156 e. The fraction of sp³-hybridized carbons (Fsp3) is 0.200. The summed E-state index contributed by atoms with van der Waals surface area (Å²) >= 11 is 6.22. The number of fused-ring (bicyclic) bond motifs is 1. The highest BCUT2D eigenvalue weighted by molar-refractivity contribution is 6.21. The molecule has 0 fully saturated rings. The first kappa shape index (κ1) is 12.9. The number of alkyl halides is 1. The number of anilines is 2. The molecule has 0 aliphatic rings. The molecule has 0 aliphatic heterocycles. The van der Waals surface area contributed by atoms with Crippen LogP contribution in [0.4, 0.5) is 11.5 Å². The van der Waals surface area contributed by atoms with Crippen LogP contribution >= 0.6 is 11.6 Å². The second-order valence-electron chi connectivity index (χ2n) is 4.72. The van der Waals surface area contributed by atoms with Crippen LogP contribution < -0.4 is 5.32 Å². The highest BCUT2D eigenvalue weighted by Gasteiger charge is 2.10. The van der Waals surface area contributed by atoms with E-state index in [4.69, 9.17) is 11.6 Å². The molecule has 1 aromatic carbocycles. The molecule has 0 spiro atoms. The van der Waals surface area contributed by atoms with Gasteiger partial charge in [-0.1, -0.05) is 18.2 Å². The molecule has 3 rings (SSSR count). The van der Waals surface area contributed by atoms with E-state index in [1.807, 2.05) is 54.9 Å². The number of halogens is 1. The third kappa shape index (κ3) is 2.34. The summed E-state index contributed by atoms with van der Waals surface area (Å²) in [6.45, 7) is 3.92. The molecule has 4 nitrogen and oxygen atoms in total. The highest BCUT2D eigenvalue weighted by Crippen LogP contribution is 2.30. The van der Waals surface area contributed by atoms with E-state index in [2.05, 4.69) is 15.4 Å². The van der Waals surface area contributed by atoms with Crippen LogP contribution in [0.3, 0.4) is 0 Å². The van der Waals surface area contributed by atoms with E-state index < -0.39 is 0 Å². The van der Waals surface area contributed by atoms with Crippen molar-refractivity contribution in [3.63, 3.8) is 0 Å². The molecule has 3 aromatic rings. The average Bonchev–Trinajstić information content (AvgIpc) is 2.80. The number of aromatic nitrogens is 3. The molecule has 1 atom stereocenters. The number of para-hydroxylation sites is 1. The number of nitrogens with zero attached hydrogens (tertiary/aromatic N) is 3. The fourth-order valence-electron chi connectivity index (χ4n) is 2.23. The molecule has 1 unspecified atom stereocenters. The molecule has 0 saturated carbocycles. The second-order valence-corrected chi connectivity index (χ2v) is 5.37. The van der Waals surface area contributed by atoms with Crippen molar-refractivity contribution >= 4 is 28.6 Å². The summed E-state index contributed by atoms with van der Waals surface area (Å²) < 4.78 is 1.82. The van der Waals surface area contributed by atoms with Crippen molar-refractivity contribution in [2.75, 3.05) is 5.32 Å². The van der Waals surface area contributed by atoms with Gasteiger partial charge in [-0.15, -0.1) is 11.6 Å². The molecule has 0 radical (unpaired) electrons. The standard InChI is InChI=1S/C15H15ClN4/c1-10-9-14-15(17-7-8-20(14)19-10)18-13-6-4-3-5-12(13)11(2)16/h3-9,11H,1-2H3,(H,17,18). The first-order valence-electron chi connectivity index (χ1n) is 6.46. The Hall–Kier alpha value is -2.07. The summed E-state index contributed by atoms with van der Waals surface area (Å²) in [6, 6.07) is 9.98. The van der Waals surface area contributed by atoms with Gasteiger partial charge in [0.15, 0.2) is 5.82 Å². The van der Waals surface area contributed by atoms with Crippen molar-refractivity contribution < 1.29 is 0 Å². The Morgan fingerprint density at radius 2 is 2.10 bits per heavy atom. The summed E-state index contributed by atoms with van der Waals surface area (Å²) in [5.41, 5.74) is 3.92. The Morgan fingerprint density at radius 1 is 1.30 bits per heavy atom. The summed E-state index contributed by atoms with van der Waals surface area (Å²) in [7, 11) is 0. The predicted octanol–water partition coefficient (Wildman–Crippen LogP) is 4.08. The van der Waals surface area contributed by atoms with E-state index in [9.17, 15) is 0 Å². The maximum Gasteiger partial charge on any atom is 0.156 e. The predicted molar refractivity (Wildman–Crippen MR) is 81.7 cm³/mol. The third-order valence-electron chi connectivity index (χ3n) is 3.15. The van der Waals surface area contributed by atoms with Gasteiger partial charge in [0.25, 0.3) is 0 Å². The molecule has 102 valence electrons. The number of hydrogen-bond donors (Lipinski definition) is 1. The Morgan fingerprint density at radius 3 is 2.90 bits per heavy atom. The minimum absolute atomic E-state index is 0.0647. The van der Waals surface area contributed by atoms with Gasteiger partial charge < -0.3 is 5.32 Å². The maximum absolute atomic E-state index is 6.22. The van der Waals surface area contributed by atoms with Crippen molar-refractivity contribution in [1.29, 1.82) is 0 Å². The maximum atomic E-state index is 6.22. The second kappa shape index (κ2) is 5.13. The SMILES string of the molecule is Cc1cc2c(Nc3ccccc3C(C)Cl)nccn2n1. The van der Waals surface area contributed by atoms with Crippen LogP contribution in [0.5, 0.6) is 0 Å². The normalized spacial score (nSPS) is 12.6. The van der Waals surface area contributed by atoms with E-state index in [1.54, 1.807) is 6.20 Å². The lowest BCUT2D eigenvalue weighted by atomic mass is 10.1.